The molecule has 2 heterocycles. The van der Waals surface area contributed by atoms with Crippen molar-refractivity contribution in [3.63, 3.8) is 0 Å². The predicted molar refractivity (Wildman–Crippen MR) is 68.5 cm³/mol. The highest BCUT2D eigenvalue weighted by Crippen LogP contribution is 2.27. The number of hydrogen-bond donors (Lipinski definition) is 1. The van der Waals surface area contributed by atoms with Gasteiger partial charge in [0, 0.05) is 31.1 Å². The van der Waals surface area contributed by atoms with Crippen LogP contribution in [0, 0.1) is 0 Å². The molecule has 1 saturated carbocycles. The van der Waals surface area contributed by atoms with Crippen LogP contribution in [0.4, 0.5) is 0 Å². The molecule has 1 aliphatic heterocycles. The average Bonchev–Trinajstić information content (AvgIpc) is 3.12. The maximum atomic E-state index is 5.37. The zero-order chi connectivity index (χ0) is 12.2. The molecule has 2 aliphatic rings. The Hall–Kier alpha value is -0.660. The van der Waals surface area contributed by atoms with Gasteiger partial charge in [-0.1, -0.05) is 11.8 Å². The van der Waals surface area contributed by atoms with Crippen molar-refractivity contribution in [3.8, 4) is 0 Å². The molecule has 18 heavy (non-hydrogen) atoms. The molecule has 1 aromatic heterocycles. The van der Waals surface area contributed by atoms with Crippen LogP contribution in [0.5, 0.6) is 0 Å². The fourth-order valence-corrected chi connectivity index (χ4v) is 3.09. The lowest BCUT2D eigenvalue weighted by atomic mass is 10.2. The number of nitrogens with zero attached hydrogens (tertiary/aromatic N) is 4. The van der Waals surface area contributed by atoms with Crippen LogP contribution >= 0.6 is 11.8 Å². The van der Waals surface area contributed by atoms with E-state index < -0.39 is 0 Å². The van der Waals surface area contributed by atoms with Gasteiger partial charge in [0.2, 0.25) is 5.16 Å². The van der Waals surface area contributed by atoms with Crippen LogP contribution in [0.1, 0.15) is 25.7 Å². The minimum absolute atomic E-state index is 0.597. The van der Waals surface area contributed by atoms with E-state index >= 15 is 0 Å². The SMILES string of the molecule is C(Cn1nnnc1SC1CCOCC1)NC1CC1. The molecule has 1 aromatic rings. The Morgan fingerprint density at radius 3 is 2.89 bits per heavy atom. The molecule has 0 spiro atoms. The normalized spacial score (nSPS) is 21.3. The van der Waals surface area contributed by atoms with Gasteiger partial charge in [0.15, 0.2) is 0 Å². The molecule has 0 unspecified atom stereocenters. The van der Waals surface area contributed by atoms with E-state index in [-0.39, 0.29) is 0 Å². The molecule has 0 amide bonds. The third-order valence-corrected chi connectivity index (χ3v) is 4.58. The van der Waals surface area contributed by atoms with Crippen molar-refractivity contribution in [2.45, 2.75) is 48.7 Å². The second-order valence-electron chi connectivity index (χ2n) is 4.84. The molecule has 1 N–H and O–H groups in total. The Morgan fingerprint density at radius 1 is 1.28 bits per heavy atom. The summed E-state index contributed by atoms with van der Waals surface area (Å²) in [6.45, 7) is 3.54. The molecule has 3 rings (SSSR count). The molecular formula is C11H19N5OS. The van der Waals surface area contributed by atoms with Crippen molar-refractivity contribution in [3.05, 3.63) is 0 Å². The number of aromatic nitrogens is 4. The van der Waals surface area contributed by atoms with E-state index in [9.17, 15) is 0 Å². The molecule has 0 atom stereocenters. The Labute approximate surface area is 111 Å². The molecule has 0 radical (unpaired) electrons. The van der Waals surface area contributed by atoms with E-state index in [2.05, 4.69) is 20.8 Å². The molecule has 100 valence electrons. The molecule has 6 nitrogen and oxygen atoms in total. The second kappa shape index (κ2) is 5.99. The third-order valence-electron chi connectivity index (χ3n) is 3.27. The van der Waals surface area contributed by atoms with Crippen LogP contribution in [0.2, 0.25) is 0 Å². The van der Waals surface area contributed by atoms with Crippen molar-refractivity contribution in [1.82, 2.24) is 25.5 Å². The Kier molecular flexibility index (Phi) is 4.12. The van der Waals surface area contributed by atoms with Crippen LogP contribution < -0.4 is 5.32 Å². The van der Waals surface area contributed by atoms with Crippen LogP contribution in [-0.4, -0.2) is 51.3 Å². The lowest BCUT2D eigenvalue weighted by molar-refractivity contribution is 0.0999. The van der Waals surface area contributed by atoms with Crippen LogP contribution in [0.15, 0.2) is 5.16 Å². The first kappa shape index (κ1) is 12.4. The Morgan fingerprint density at radius 2 is 2.11 bits per heavy atom. The molecule has 2 fully saturated rings. The van der Waals surface area contributed by atoms with Gasteiger partial charge in [-0.05, 0) is 36.1 Å². The number of thioether (sulfide) groups is 1. The summed E-state index contributed by atoms with van der Waals surface area (Å²) in [4.78, 5) is 0. The Bertz CT molecular complexity index is 375. The van der Waals surface area contributed by atoms with E-state index in [0.29, 0.717) is 5.25 Å². The van der Waals surface area contributed by atoms with Gasteiger partial charge < -0.3 is 10.1 Å². The highest BCUT2D eigenvalue weighted by molar-refractivity contribution is 7.99. The maximum absolute atomic E-state index is 5.37. The van der Waals surface area contributed by atoms with Crippen molar-refractivity contribution in [2.75, 3.05) is 19.8 Å². The summed E-state index contributed by atoms with van der Waals surface area (Å²) in [6, 6.07) is 0.744. The molecule has 1 saturated heterocycles. The quantitative estimate of drug-likeness (QED) is 0.820. The zero-order valence-corrected chi connectivity index (χ0v) is 11.2. The predicted octanol–water partition coefficient (Wildman–Crippen LogP) is 0.696. The van der Waals surface area contributed by atoms with E-state index in [0.717, 1.165) is 50.3 Å². The van der Waals surface area contributed by atoms with E-state index in [1.165, 1.54) is 12.8 Å². The summed E-state index contributed by atoms with van der Waals surface area (Å²) in [6.07, 6.45) is 4.83. The van der Waals surface area contributed by atoms with Gasteiger partial charge in [-0.15, -0.1) is 5.10 Å². The van der Waals surface area contributed by atoms with Crippen molar-refractivity contribution in [1.29, 1.82) is 0 Å². The van der Waals surface area contributed by atoms with Crippen LogP contribution in [0.3, 0.4) is 0 Å². The van der Waals surface area contributed by atoms with Crippen LogP contribution in [0.25, 0.3) is 0 Å². The Balaban J connectivity index is 1.49. The molecule has 0 aromatic carbocycles. The number of nitrogens with one attached hydrogen (secondary N) is 1. The molecule has 0 bridgehead atoms. The first-order valence-electron chi connectivity index (χ1n) is 6.66. The number of rotatable bonds is 6. The first-order valence-corrected chi connectivity index (χ1v) is 7.54. The lowest BCUT2D eigenvalue weighted by Crippen LogP contribution is -2.23. The summed E-state index contributed by atoms with van der Waals surface area (Å²) in [5, 5.41) is 17.0. The summed E-state index contributed by atoms with van der Waals surface area (Å²) >= 11 is 1.79. The van der Waals surface area contributed by atoms with Gasteiger partial charge in [-0.3, -0.25) is 0 Å². The topological polar surface area (TPSA) is 64.9 Å². The number of hydrogen-bond acceptors (Lipinski definition) is 6. The van der Waals surface area contributed by atoms with Gasteiger partial charge in [0.25, 0.3) is 0 Å². The van der Waals surface area contributed by atoms with E-state index in [4.69, 9.17) is 4.74 Å². The van der Waals surface area contributed by atoms with E-state index in [1.54, 1.807) is 11.8 Å². The standard InChI is InChI=1S/C11H19N5OS/c1-2-9(1)12-5-6-16-11(13-14-15-16)18-10-3-7-17-8-4-10/h9-10,12H,1-8H2. The van der Waals surface area contributed by atoms with Gasteiger partial charge in [0.1, 0.15) is 0 Å². The number of ether oxygens (including phenoxy) is 1. The summed E-state index contributed by atoms with van der Waals surface area (Å²) in [5.41, 5.74) is 0. The van der Waals surface area contributed by atoms with Gasteiger partial charge in [-0.2, -0.15) is 0 Å². The third kappa shape index (κ3) is 3.43. The van der Waals surface area contributed by atoms with Crippen molar-refractivity contribution >= 4 is 11.8 Å². The number of tetrazole rings is 1. The van der Waals surface area contributed by atoms with Gasteiger partial charge >= 0.3 is 0 Å². The highest BCUT2D eigenvalue weighted by atomic mass is 32.2. The summed E-state index contributed by atoms with van der Waals surface area (Å²) < 4.78 is 7.28. The summed E-state index contributed by atoms with van der Waals surface area (Å²) in [7, 11) is 0. The van der Waals surface area contributed by atoms with Gasteiger partial charge in [0.05, 0.1) is 6.54 Å². The van der Waals surface area contributed by atoms with E-state index in [1.807, 2.05) is 4.68 Å². The zero-order valence-electron chi connectivity index (χ0n) is 10.4. The molecular weight excluding hydrogens is 250 g/mol. The monoisotopic (exact) mass is 269 g/mol. The lowest BCUT2D eigenvalue weighted by Gasteiger charge is -2.20. The summed E-state index contributed by atoms with van der Waals surface area (Å²) in [5.74, 6) is 0. The maximum Gasteiger partial charge on any atom is 0.209 e. The van der Waals surface area contributed by atoms with Crippen molar-refractivity contribution < 1.29 is 4.74 Å². The smallest absolute Gasteiger partial charge is 0.209 e. The largest absolute Gasteiger partial charge is 0.381 e. The van der Waals surface area contributed by atoms with Crippen LogP contribution in [-0.2, 0) is 11.3 Å². The fraction of sp³-hybridized carbons (Fsp3) is 0.909. The minimum atomic E-state index is 0.597. The van der Waals surface area contributed by atoms with Crippen molar-refractivity contribution in [2.24, 2.45) is 0 Å². The molecule has 7 heteroatoms. The van der Waals surface area contributed by atoms with Gasteiger partial charge in [-0.25, -0.2) is 4.68 Å². The fourth-order valence-electron chi connectivity index (χ4n) is 2.03. The minimum Gasteiger partial charge on any atom is -0.381 e. The second-order valence-corrected chi connectivity index (χ2v) is 6.11. The molecule has 1 aliphatic carbocycles. The first-order chi connectivity index (χ1) is 8.92. The average molecular weight is 269 g/mol. The highest BCUT2D eigenvalue weighted by Gasteiger charge is 2.21.